The monoisotopic (exact) mass is 482 g/mol. The minimum Gasteiger partial charge on any atom is -0.378 e. The van der Waals surface area contributed by atoms with E-state index in [1.54, 1.807) is 11.8 Å². The van der Waals surface area contributed by atoms with Crippen LogP contribution in [0.3, 0.4) is 0 Å². The molecule has 0 aromatic carbocycles. The quantitative estimate of drug-likeness (QED) is 0.274. The predicted octanol–water partition coefficient (Wildman–Crippen LogP) is 4.07. The van der Waals surface area contributed by atoms with Crippen molar-refractivity contribution in [3.05, 3.63) is 5.01 Å². The van der Waals surface area contributed by atoms with Gasteiger partial charge in [-0.05, 0) is 49.0 Å². The van der Waals surface area contributed by atoms with Crippen molar-refractivity contribution in [3.8, 4) is 0 Å². The average molecular weight is 483 g/mol. The van der Waals surface area contributed by atoms with Crippen LogP contribution in [0.5, 0.6) is 0 Å². The highest BCUT2D eigenvalue weighted by Crippen LogP contribution is 2.27. The van der Waals surface area contributed by atoms with Crippen LogP contribution in [-0.2, 0) is 16.0 Å². The molecule has 31 heavy (non-hydrogen) atoms. The molecule has 2 aliphatic rings. The van der Waals surface area contributed by atoms with Gasteiger partial charge in [0, 0.05) is 24.7 Å². The van der Waals surface area contributed by atoms with Gasteiger partial charge in [-0.2, -0.15) is 16.8 Å². The Labute approximate surface area is 195 Å². The Hall–Kier alpha value is -1.46. The summed E-state index contributed by atoms with van der Waals surface area (Å²) in [5.41, 5.74) is 5.83. The molecule has 0 saturated heterocycles. The van der Waals surface area contributed by atoms with E-state index in [1.807, 2.05) is 0 Å². The first kappa shape index (κ1) is 24.2. The van der Waals surface area contributed by atoms with Gasteiger partial charge < -0.3 is 11.1 Å². The maximum atomic E-state index is 12.2. The Kier molecular flexibility index (Phi) is 9.79. The Morgan fingerprint density at radius 2 is 1.77 bits per heavy atom. The number of thioether (sulfide) groups is 2. The lowest BCUT2D eigenvalue weighted by atomic mass is 10.1. The number of nitrogens with two attached hydrogens (primary N) is 1. The van der Waals surface area contributed by atoms with E-state index >= 15 is 0 Å². The first-order valence-corrected chi connectivity index (χ1v) is 13.6. The number of nitrogens with one attached hydrogen (secondary N) is 2. The molecule has 170 valence electrons. The first-order valence-electron chi connectivity index (χ1n) is 10.9. The summed E-state index contributed by atoms with van der Waals surface area (Å²) in [5.74, 6) is 1.72. The number of rotatable bonds is 9. The van der Waals surface area contributed by atoms with Crippen molar-refractivity contribution in [1.82, 2.24) is 10.2 Å². The maximum Gasteiger partial charge on any atom is 0.251 e. The molecule has 2 aliphatic carbocycles. The van der Waals surface area contributed by atoms with Crippen LogP contribution in [0.25, 0.3) is 0 Å². The van der Waals surface area contributed by atoms with Crippen LogP contribution in [-0.4, -0.2) is 43.7 Å². The minimum absolute atomic E-state index is 0.0146. The average Bonchev–Trinajstić information content (AvgIpc) is 3.50. The number of aryl methyl sites for hydroxylation is 1. The number of amidine groups is 1. The van der Waals surface area contributed by atoms with Crippen molar-refractivity contribution in [1.29, 1.82) is 5.41 Å². The molecule has 2 fully saturated rings. The molecule has 1 aromatic rings. The molecule has 0 aliphatic heterocycles. The zero-order valence-corrected chi connectivity index (χ0v) is 20.0. The maximum absolute atomic E-state index is 12.2. The van der Waals surface area contributed by atoms with Crippen LogP contribution < -0.4 is 11.1 Å². The molecule has 8 nitrogen and oxygen atoms in total. The van der Waals surface area contributed by atoms with Crippen LogP contribution in [0.1, 0.15) is 62.8 Å². The lowest BCUT2D eigenvalue weighted by Gasteiger charge is -2.06. The van der Waals surface area contributed by atoms with E-state index in [2.05, 4.69) is 20.5 Å². The first-order chi connectivity index (χ1) is 15.0. The van der Waals surface area contributed by atoms with Crippen molar-refractivity contribution in [2.45, 2.75) is 64.2 Å². The molecule has 2 amide bonds. The number of carbonyl (C=O) groups excluding carboxylic acids is 2. The van der Waals surface area contributed by atoms with E-state index in [1.165, 1.54) is 11.3 Å². The molecule has 4 N–H and O–H groups in total. The van der Waals surface area contributed by atoms with E-state index < -0.39 is 0 Å². The molecule has 0 atom stereocenters. The van der Waals surface area contributed by atoms with Crippen LogP contribution in [0.4, 0.5) is 5.13 Å². The van der Waals surface area contributed by atoms with Gasteiger partial charge in [0.2, 0.25) is 11.0 Å². The highest BCUT2D eigenvalue weighted by Gasteiger charge is 2.24. The third-order valence-corrected chi connectivity index (χ3v) is 8.14. The summed E-state index contributed by atoms with van der Waals surface area (Å²) in [5, 5.41) is 21.2. The zero-order chi connectivity index (χ0) is 22.1. The van der Waals surface area contributed by atoms with Gasteiger partial charge in [-0.15, -0.1) is 10.2 Å². The number of nitrogens with zero attached hydrogens (tertiary/aromatic N) is 3. The number of amides is 2. The van der Waals surface area contributed by atoms with E-state index in [-0.39, 0.29) is 28.8 Å². The largest absolute Gasteiger partial charge is 0.378 e. The highest BCUT2D eigenvalue weighted by atomic mass is 32.2. The van der Waals surface area contributed by atoms with Crippen molar-refractivity contribution in [2.24, 2.45) is 22.6 Å². The number of aliphatic imine (C=N–C) groups is 1. The van der Waals surface area contributed by atoms with Gasteiger partial charge in [0.05, 0.1) is 5.04 Å². The molecule has 0 spiro atoms. The number of hydrogen-bond donors (Lipinski definition) is 3. The number of anilines is 1. The molecule has 3 rings (SSSR count). The summed E-state index contributed by atoms with van der Waals surface area (Å²) in [6.45, 7) is 0. The fourth-order valence-corrected chi connectivity index (χ4v) is 6.28. The van der Waals surface area contributed by atoms with Gasteiger partial charge in [-0.25, -0.2) is 0 Å². The normalized spacial score (nSPS) is 17.9. The predicted molar refractivity (Wildman–Crippen MR) is 130 cm³/mol. The second-order valence-corrected chi connectivity index (χ2v) is 11.3. The topological polar surface area (TPSA) is 134 Å². The number of aromatic nitrogens is 2. The molecule has 0 radical (unpaired) electrons. The molecule has 0 unspecified atom stereocenters. The smallest absolute Gasteiger partial charge is 0.251 e. The zero-order valence-electron chi connectivity index (χ0n) is 17.6. The lowest BCUT2D eigenvalue weighted by Crippen LogP contribution is -2.20. The van der Waals surface area contributed by atoms with Gasteiger partial charge in [-0.3, -0.25) is 15.0 Å². The standard InChI is InChI=1S/C20H30N6O2S3/c21-15(30-19(22)23-17(27)13-5-1-2-6-13)9-11-29-12-10-16-25-26-20(31-16)24-18(28)14-7-3-4-8-14/h13-14,21H,1-12H2,(H2,22,23,27)(H,24,26,28). The number of hydrogen-bond acceptors (Lipinski definition) is 8. The fraction of sp³-hybridized carbons (Fsp3) is 0.700. The van der Waals surface area contributed by atoms with Crippen molar-refractivity contribution in [3.63, 3.8) is 0 Å². The fourth-order valence-electron chi connectivity index (χ4n) is 3.80. The lowest BCUT2D eigenvalue weighted by molar-refractivity contribution is -0.121. The van der Waals surface area contributed by atoms with E-state index in [0.29, 0.717) is 16.6 Å². The summed E-state index contributed by atoms with van der Waals surface area (Å²) >= 11 is 4.24. The van der Waals surface area contributed by atoms with Crippen LogP contribution in [0.15, 0.2) is 4.99 Å². The summed E-state index contributed by atoms with van der Waals surface area (Å²) in [7, 11) is 0. The van der Waals surface area contributed by atoms with Crippen molar-refractivity contribution in [2.75, 3.05) is 16.8 Å². The molecular weight excluding hydrogens is 452 g/mol. The Morgan fingerprint density at radius 1 is 1.10 bits per heavy atom. The second-order valence-electron chi connectivity index (χ2n) is 7.88. The summed E-state index contributed by atoms with van der Waals surface area (Å²) in [4.78, 5) is 28.1. The summed E-state index contributed by atoms with van der Waals surface area (Å²) in [6.07, 6.45) is 9.53. The number of carbonyl (C=O) groups is 2. The molecule has 2 saturated carbocycles. The van der Waals surface area contributed by atoms with Crippen LogP contribution in [0, 0.1) is 17.2 Å². The van der Waals surface area contributed by atoms with Gasteiger partial charge in [0.15, 0.2) is 5.17 Å². The SMILES string of the molecule is N=C(CCSCCc1nnc(NC(=O)C2CCCC2)s1)SC(N)=NC(=O)C1CCCC1. The van der Waals surface area contributed by atoms with E-state index in [4.69, 9.17) is 11.1 Å². The van der Waals surface area contributed by atoms with Gasteiger partial charge in [0.25, 0.3) is 5.91 Å². The summed E-state index contributed by atoms with van der Waals surface area (Å²) < 4.78 is 0. The van der Waals surface area contributed by atoms with Gasteiger partial charge in [0.1, 0.15) is 5.01 Å². The highest BCUT2D eigenvalue weighted by molar-refractivity contribution is 8.26. The molecule has 0 bridgehead atoms. The molecule has 1 heterocycles. The van der Waals surface area contributed by atoms with Crippen LogP contribution in [0.2, 0.25) is 0 Å². The molecule has 1 aromatic heterocycles. The van der Waals surface area contributed by atoms with Crippen LogP contribution >= 0.6 is 34.9 Å². The Balaban J connectivity index is 1.27. The van der Waals surface area contributed by atoms with E-state index in [9.17, 15) is 9.59 Å². The van der Waals surface area contributed by atoms with Gasteiger partial charge in [-0.1, -0.05) is 37.0 Å². The Bertz CT molecular complexity index is 801. The van der Waals surface area contributed by atoms with Gasteiger partial charge >= 0.3 is 0 Å². The Morgan fingerprint density at radius 3 is 2.48 bits per heavy atom. The molecular formula is C20H30N6O2S3. The third kappa shape index (κ3) is 8.19. The summed E-state index contributed by atoms with van der Waals surface area (Å²) in [6, 6.07) is 0. The minimum atomic E-state index is -0.138. The molecule has 11 heteroatoms. The van der Waals surface area contributed by atoms with Crippen molar-refractivity contribution < 1.29 is 9.59 Å². The van der Waals surface area contributed by atoms with E-state index in [0.717, 1.165) is 86.1 Å². The van der Waals surface area contributed by atoms with Crippen molar-refractivity contribution >= 4 is 62.0 Å². The third-order valence-electron chi connectivity index (χ3n) is 5.51. The second kappa shape index (κ2) is 12.5.